The third kappa shape index (κ3) is 0.487. The van der Waals surface area contributed by atoms with E-state index in [4.69, 9.17) is 9.47 Å². The molecule has 6 saturated carbocycles. The van der Waals surface area contributed by atoms with Crippen molar-refractivity contribution in [3.05, 3.63) is 41.6 Å². The van der Waals surface area contributed by atoms with Crippen molar-refractivity contribution in [3.63, 3.8) is 0 Å². The van der Waals surface area contributed by atoms with E-state index in [9.17, 15) is 9.59 Å². The topological polar surface area (TPSA) is 65.5 Å². The molecular formula is C21H11NO4. The zero-order valence-electron chi connectivity index (χ0n) is 14.0. The zero-order valence-corrected chi connectivity index (χ0v) is 14.0. The highest BCUT2D eigenvalue weighted by molar-refractivity contribution is 6.31. The first-order chi connectivity index (χ1) is 12.5. The quantitative estimate of drug-likeness (QED) is 0.618. The molecule has 0 radical (unpaired) electrons. The molecule has 4 bridgehead atoms. The van der Waals surface area contributed by atoms with Gasteiger partial charge in [0.2, 0.25) is 0 Å². The Hall–Kier alpha value is -2.69. The Morgan fingerprint density at radius 1 is 0.846 bits per heavy atom. The summed E-state index contributed by atoms with van der Waals surface area (Å²) in [5.74, 6) is 0.117. The summed E-state index contributed by atoms with van der Waals surface area (Å²) in [6, 6.07) is 8.14. The van der Waals surface area contributed by atoms with Crippen LogP contribution in [0, 0.1) is 21.7 Å². The summed E-state index contributed by atoms with van der Waals surface area (Å²) >= 11 is 0. The first kappa shape index (κ1) is 11.8. The van der Waals surface area contributed by atoms with Gasteiger partial charge in [-0.15, -0.1) is 0 Å². The van der Waals surface area contributed by atoms with Gasteiger partial charge < -0.3 is 9.47 Å². The predicted molar refractivity (Wildman–Crippen MR) is 85.4 cm³/mol. The Kier molecular flexibility index (Phi) is 1.08. The van der Waals surface area contributed by atoms with Crippen LogP contribution in [-0.4, -0.2) is 16.9 Å². The molecule has 12 rings (SSSR count). The maximum absolute atomic E-state index is 11.7. The number of benzene rings is 1. The molecule has 2 aromatic rings. The SMILES string of the molecule is CC(=O)Oc1cc2cc(OC(C)=O)c1-c1ccc(cn1)C13C45C26C12C34C652. The average Bonchev–Trinajstić information content (AvgIpc) is 3.43. The second kappa shape index (κ2) is 2.38. The molecule has 26 heavy (non-hydrogen) atoms. The second-order valence-electron chi connectivity index (χ2n) is 8.97. The minimum absolute atomic E-state index is 0.275. The molecule has 1 aromatic carbocycles. The van der Waals surface area contributed by atoms with Crippen LogP contribution in [0.2, 0.25) is 0 Å². The minimum atomic E-state index is -0.388. The summed E-state index contributed by atoms with van der Waals surface area (Å²) in [6.07, 6.45) is 1.99. The number of pyridine rings is 1. The van der Waals surface area contributed by atoms with Crippen molar-refractivity contribution in [2.45, 2.75) is 24.7 Å². The van der Waals surface area contributed by atoms with E-state index in [0.717, 1.165) is 0 Å². The summed E-state index contributed by atoms with van der Waals surface area (Å²) in [4.78, 5) is 28.1. The molecule has 2 unspecified atom stereocenters. The highest BCUT2D eigenvalue weighted by atomic mass is 16.5. The number of carbonyl (C=O) groups excluding carboxylic acids is 2. The first-order valence-electron chi connectivity index (χ1n) is 9.06. The monoisotopic (exact) mass is 341 g/mol. The van der Waals surface area contributed by atoms with Crippen LogP contribution in [0.15, 0.2) is 30.5 Å². The number of carbonyl (C=O) groups is 2. The van der Waals surface area contributed by atoms with Gasteiger partial charge in [-0.25, -0.2) is 0 Å². The van der Waals surface area contributed by atoms with Crippen LogP contribution in [0.25, 0.3) is 11.3 Å². The fourth-order valence-electron chi connectivity index (χ4n) is 9.72. The van der Waals surface area contributed by atoms with E-state index in [2.05, 4.69) is 11.1 Å². The van der Waals surface area contributed by atoms with Gasteiger partial charge in [0, 0.05) is 52.5 Å². The summed E-state index contributed by atoms with van der Waals surface area (Å²) in [7, 11) is 0. The Bertz CT molecular complexity index is 1220. The van der Waals surface area contributed by atoms with Gasteiger partial charge in [0.25, 0.3) is 0 Å². The summed E-state index contributed by atoms with van der Waals surface area (Å²) in [5, 5.41) is 0. The maximum atomic E-state index is 11.7. The molecule has 5 nitrogen and oxygen atoms in total. The molecule has 124 valence electrons. The fourth-order valence-corrected chi connectivity index (χ4v) is 9.72. The lowest BCUT2D eigenvalue weighted by atomic mass is 9.58. The number of rotatable bonds is 2. The second-order valence-corrected chi connectivity index (χ2v) is 8.97. The number of hydrogen-bond acceptors (Lipinski definition) is 5. The average molecular weight is 341 g/mol. The van der Waals surface area contributed by atoms with Crippen LogP contribution in [0.4, 0.5) is 0 Å². The van der Waals surface area contributed by atoms with Gasteiger partial charge in [-0.05, 0) is 29.3 Å². The van der Waals surface area contributed by atoms with Crippen LogP contribution in [0.5, 0.6) is 11.5 Å². The molecule has 3 heterocycles. The normalized spacial score (nSPS) is 52.7. The summed E-state index contributed by atoms with van der Waals surface area (Å²) in [5.41, 5.74) is 6.60. The number of aromatic nitrogens is 1. The highest BCUT2D eigenvalue weighted by Gasteiger charge is 3.80. The van der Waals surface area contributed by atoms with Gasteiger partial charge >= 0.3 is 11.9 Å². The Morgan fingerprint density at radius 2 is 1.42 bits per heavy atom. The van der Waals surface area contributed by atoms with Crippen molar-refractivity contribution < 1.29 is 19.1 Å². The van der Waals surface area contributed by atoms with Crippen molar-refractivity contribution in [2.75, 3.05) is 0 Å². The molecule has 2 atom stereocenters. The van der Waals surface area contributed by atoms with E-state index in [1.807, 2.05) is 24.4 Å². The first-order valence-corrected chi connectivity index (χ1v) is 9.06. The Balaban J connectivity index is 1.40. The molecule has 0 amide bonds. The lowest BCUT2D eigenvalue weighted by Crippen LogP contribution is -2.45. The van der Waals surface area contributed by atoms with Crippen LogP contribution < -0.4 is 9.47 Å². The van der Waals surface area contributed by atoms with Gasteiger partial charge in [-0.2, -0.15) is 0 Å². The third-order valence-electron chi connectivity index (χ3n) is 9.27. The Labute approximate surface area is 147 Å². The third-order valence-corrected chi connectivity index (χ3v) is 9.27. The van der Waals surface area contributed by atoms with Crippen LogP contribution in [0.3, 0.4) is 0 Å². The predicted octanol–water partition coefficient (Wildman–Crippen LogP) is 2.12. The molecule has 6 fully saturated rings. The lowest BCUT2D eigenvalue weighted by molar-refractivity contribution is -0.132. The molecule has 2 aliphatic heterocycles. The maximum Gasteiger partial charge on any atom is 0.308 e. The molecular weight excluding hydrogens is 330 g/mol. The van der Waals surface area contributed by atoms with E-state index in [-0.39, 0.29) is 17.4 Å². The molecule has 0 N–H and O–H groups in total. The fraction of sp³-hybridized carbons (Fsp3) is 0.381. The molecule has 0 saturated heterocycles. The van der Waals surface area contributed by atoms with Crippen LogP contribution in [-0.2, 0) is 20.4 Å². The van der Waals surface area contributed by atoms with Crippen molar-refractivity contribution in [1.82, 2.24) is 4.98 Å². The van der Waals surface area contributed by atoms with E-state index >= 15 is 0 Å². The van der Waals surface area contributed by atoms with Gasteiger partial charge in [-0.1, -0.05) is 6.07 Å². The van der Waals surface area contributed by atoms with E-state index in [1.54, 1.807) is 0 Å². The standard InChI is InChI=1S/C21H11NO4/c1-8(23)25-13-5-11-6-14(26-9(2)24)15(13)12-4-3-10(7-22-12)16-18-17(11)19(16)20(16,18)21(17,18)19/h3-7H,1-2H3. The number of ether oxygens (including phenoxy) is 2. The number of hydrogen-bond donors (Lipinski definition) is 0. The molecule has 5 heteroatoms. The van der Waals surface area contributed by atoms with E-state index in [0.29, 0.717) is 49.8 Å². The minimum Gasteiger partial charge on any atom is -0.426 e. The van der Waals surface area contributed by atoms with Crippen LogP contribution in [0.1, 0.15) is 25.0 Å². The zero-order chi connectivity index (χ0) is 17.3. The van der Waals surface area contributed by atoms with Crippen molar-refractivity contribution in [2.24, 2.45) is 21.7 Å². The van der Waals surface area contributed by atoms with Crippen molar-refractivity contribution in [3.8, 4) is 22.8 Å². The van der Waals surface area contributed by atoms with Crippen molar-refractivity contribution >= 4 is 11.9 Å². The molecule has 1 aromatic heterocycles. The van der Waals surface area contributed by atoms with Gasteiger partial charge in [-0.3, -0.25) is 14.6 Å². The van der Waals surface area contributed by atoms with Gasteiger partial charge in [0.15, 0.2) is 0 Å². The molecule has 8 aliphatic carbocycles. The summed E-state index contributed by atoms with van der Waals surface area (Å²) in [6.45, 7) is 2.78. The largest absolute Gasteiger partial charge is 0.426 e. The highest BCUT2D eigenvalue weighted by Crippen LogP contribution is 3.77. The number of nitrogens with zero attached hydrogens (tertiary/aromatic N) is 1. The Morgan fingerprint density at radius 3 is 1.92 bits per heavy atom. The summed E-state index contributed by atoms with van der Waals surface area (Å²) < 4.78 is 11.1. The number of esters is 2. The van der Waals surface area contributed by atoms with Crippen molar-refractivity contribution in [1.29, 1.82) is 0 Å². The van der Waals surface area contributed by atoms with Gasteiger partial charge in [0.1, 0.15) is 11.5 Å². The van der Waals surface area contributed by atoms with E-state index < -0.39 is 0 Å². The smallest absolute Gasteiger partial charge is 0.308 e. The lowest BCUT2D eigenvalue weighted by Gasteiger charge is -2.43. The van der Waals surface area contributed by atoms with E-state index in [1.165, 1.54) is 25.0 Å². The van der Waals surface area contributed by atoms with Gasteiger partial charge in [0.05, 0.1) is 11.3 Å². The molecule has 6 spiro atoms. The molecule has 10 aliphatic rings. The van der Waals surface area contributed by atoms with Crippen LogP contribution >= 0.6 is 0 Å².